The molecule has 0 radical (unpaired) electrons. The first-order chi connectivity index (χ1) is 9.90. The van der Waals surface area contributed by atoms with Gasteiger partial charge in [-0.05, 0) is 36.9 Å². The molecule has 1 aromatic rings. The van der Waals surface area contributed by atoms with Crippen molar-refractivity contribution in [1.82, 2.24) is 5.32 Å². The second-order valence-corrected chi connectivity index (χ2v) is 6.10. The Hall–Kier alpha value is -1.86. The number of benzene rings is 1. The van der Waals surface area contributed by atoms with Gasteiger partial charge >= 0.3 is 5.66 Å². The van der Waals surface area contributed by atoms with Crippen LogP contribution in [0.5, 0.6) is 0 Å². The Balaban J connectivity index is 2.49. The van der Waals surface area contributed by atoms with E-state index < -0.39 is 33.1 Å². The van der Waals surface area contributed by atoms with Gasteiger partial charge in [-0.25, -0.2) is 4.39 Å². The summed E-state index contributed by atoms with van der Waals surface area (Å²) in [6.45, 7) is 0. The minimum absolute atomic E-state index is 0.469. The molecule has 3 unspecified atom stereocenters. The number of halogens is 1. The first kappa shape index (κ1) is 15.5. The SMILES string of the molecule is CNC1([N+](=O)[O-])C=CC(F)=CC1c1ccc(S(C)=O)cc1. The smallest absolute Gasteiger partial charge is 0.262 e. The van der Waals surface area contributed by atoms with Gasteiger partial charge in [-0.3, -0.25) is 19.6 Å². The summed E-state index contributed by atoms with van der Waals surface area (Å²) in [5, 5.41) is 14.1. The molecule has 1 aliphatic rings. The predicted molar refractivity (Wildman–Crippen MR) is 78.6 cm³/mol. The second kappa shape index (κ2) is 5.87. The number of allylic oxidation sites excluding steroid dienone is 2. The van der Waals surface area contributed by atoms with Crippen LogP contribution in [0.25, 0.3) is 0 Å². The number of nitrogens with zero attached hydrogens (tertiary/aromatic N) is 1. The van der Waals surface area contributed by atoms with Crippen LogP contribution in [0, 0.1) is 10.1 Å². The van der Waals surface area contributed by atoms with Gasteiger partial charge in [0.15, 0.2) is 0 Å². The van der Waals surface area contributed by atoms with Gasteiger partial charge in [0.25, 0.3) is 0 Å². The maximum atomic E-state index is 13.5. The lowest BCUT2D eigenvalue weighted by Crippen LogP contribution is -2.53. The third kappa shape index (κ3) is 2.79. The van der Waals surface area contributed by atoms with Crippen LogP contribution < -0.4 is 5.32 Å². The molecule has 0 aliphatic heterocycles. The van der Waals surface area contributed by atoms with Crippen LogP contribution >= 0.6 is 0 Å². The van der Waals surface area contributed by atoms with Gasteiger partial charge in [0.05, 0.1) is 5.92 Å². The van der Waals surface area contributed by atoms with E-state index in [0.29, 0.717) is 10.5 Å². The quantitative estimate of drug-likeness (QED) is 0.525. The largest absolute Gasteiger partial charge is 0.304 e. The van der Waals surface area contributed by atoms with E-state index in [0.717, 1.165) is 6.08 Å². The Labute approximate surface area is 124 Å². The highest BCUT2D eigenvalue weighted by molar-refractivity contribution is 7.84. The minimum Gasteiger partial charge on any atom is -0.262 e. The molecule has 0 saturated carbocycles. The summed E-state index contributed by atoms with van der Waals surface area (Å²) in [5.74, 6) is -1.31. The highest BCUT2D eigenvalue weighted by Crippen LogP contribution is 2.36. The zero-order valence-electron chi connectivity index (χ0n) is 11.6. The van der Waals surface area contributed by atoms with Crippen LogP contribution in [0.15, 0.2) is 53.2 Å². The summed E-state index contributed by atoms with van der Waals surface area (Å²) >= 11 is 0. The van der Waals surface area contributed by atoms with Crippen LogP contribution in [0.4, 0.5) is 4.39 Å². The standard InChI is InChI=1S/C14H15FN2O3S/c1-16-14(17(18)19)8-7-11(15)9-13(14)10-3-5-12(6-4-10)21(2)20/h3-9,13,16H,1-2H3. The van der Waals surface area contributed by atoms with Gasteiger partial charge in [-0.2, -0.15) is 0 Å². The lowest BCUT2D eigenvalue weighted by Gasteiger charge is -2.30. The molecule has 0 fully saturated rings. The molecular formula is C14H15FN2O3S. The highest BCUT2D eigenvalue weighted by Gasteiger charge is 2.48. The van der Waals surface area contributed by atoms with Crippen LogP contribution in [-0.2, 0) is 10.8 Å². The zero-order chi connectivity index (χ0) is 15.6. The van der Waals surface area contributed by atoms with Crippen molar-refractivity contribution in [2.75, 3.05) is 13.3 Å². The van der Waals surface area contributed by atoms with Gasteiger partial charge in [0.1, 0.15) is 5.83 Å². The lowest BCUT2D eigenvalue weighted by molar-refractivity contribution is -0.565. The Morgan fingerprint density at radius 3 is 2.48 bits per heavy atom. The number of nitrogens with one attached hydrogen (secondary N) is 1. The molecule has 0 saturated heterocycles. The minimum atomic E-state index is -1.59. The third-order valence-corrected chi connectivity index (χ3v) is 4.51. The first-order valence-corrected chi connectivity index (χ1v) is 7.80. The molecule has 0 heterocycles. The average Bonchev–Trinajstić information content (AvgIpc) is 2.47. The van der Waals surface area contributed by atoms with Crippen LogP contribution in [0.2, 0.25) is 0 Å². The van der Waals surface area contributed by atoms with E-state index in [-0.39, 0.29) is 0 Å². The number of rotatable bonds is 4. The van der Waals surface area contributed by atoms with Crippen molar-refractivity contribution in [1.29, 1.82) is 0 Å². The predicted octanol–water partition coefficient (Wildman–Crippen LogP) is 2.12. The Morgan fingerprint density at radius 1 is 1.38 bits per heavy atom. The van der Waals surface area contributed by atoms with Crippen molar-refractivity contribution in [2.24, 2.45) is 0 Å². The van der Waals surface area contributed by atoms with E-state index in [9.17, 15) is 18.7 Å². The number of likely N-dealkylation sites (N-methyl/N-ethyl adjacent to an activating group) is 1. The molecule has 1 aromatic carbocycles. The van der Waals surface area contributed by atoms with E-state index in [4.69, 9.17) is 0 Å². The van der Waals surface area contributed by atoms with Crippen LogP contribution in [0.3, 0.4) is 0 Å². The molecular weight excluding hydrogens is 295 g/mol. The molecule has 21 heavy (non-hydrogen) atoms. The zero-order valence-corrected chi connectivity index (χ0v) is 12.4. The summed E-state index contributed by atoms with van der Waals surface area (Å²) < 4.78 is 24.9. The van der Waals surface area contributed by atoms with E-state index in [1.807, 2.05) is 0 Å². The summed E-state index contributed by atoms with van der Waals surface area (Å²) in [5.41, 5.74) is -1.02. The molecule has 112 valence electrons. The molecule has 7 heteroatoms. The first-order valence-electron chi connectivity index (χ1n) is 6.24. The maximum absolute atomic E-state index is 13.5. The third-order valence-electron chi connectivity index (χ3n) is 3.57. The lowest BCUT2D eigenvalue weighted by atomic mass is 9.82. The maximum Gasteiger partial charge on any atom is 0.304 e. The van der Waals surface area contributed by atoms with E-state index >= 15 is 0 Å². The number of hydrogen-bond donors (Lipinski definition) is 1. The fraction of sp³-hybridized carbons (Fsp3) is 0.286. The molecule has 3 atom stereocenters. The van der Waals surface area contributed by atoms with Gasteiger partial charge in [0.2, 0.25) is 0 Å². The van der Waals surface area contributed by atoms with Gasteiger partial charge < -0.3 is 0 Å². The van der Waals surface area contributed by atoms with Crippen molar-refractivity contribution < 1.29 is 13.5 Å². The topological polar surface area (TPSA) is 72.2 Å². The molecule has 2 rings (SSSR count). The second-order valence-electron chi connectivity index (χ2n) is 4.72. The van der Waals surface area contributed by atoms with Gasteiger partial charge in [-0.15, -0.1) is 0 Å². The van der Waals surface area contributed by atoms with Crippen LogP contribution in [-0.4, -0.2) is 28.1 Å². The van der Waals surface area contributed by atoms with E-state index in [2.05, 4.69) is 5.32 Å². The molecule has 5 nitrogen and oxygen atoms in total. The van der Waals surface area contributed by atoms with Crippen molar-refractivity contribution in [3.63, 3.8) is 0 Å². The molecule has 0 bridgehead atoms. The van der Waals surface area contributed by atoms with Crippen molar-refractivity contribution in [2.45, 2.75) is 16.5 Å². The van der Waals surface area contributed by atoms with Crippen molar-refractivity contribution in [3.8, 4) is 0 Å². The average molecular weight is 310 g/mol. The highest BCUT2D eigenvalue weighted by atomic mass is 32.2. The summed E-state index contributed by atoms with van der Waals surface area (Å²) in [7, 11) is 0.333. The Morgan fingerprint density at radius 2 is 2.00 bits per heavy atom. The Kier molecular flexibility index (Phi) is 4.34. The molecule has 1 N–H and O–H groups in total. The van der Waals surface area contributed by atoms with E-state index in [1.54, 1.807) is 30.5 Å². The molecule has 0 amide bonds. The van der Waals surface area contributed by atoms with E-state index in [1.165, 1.54) is 19.2 Å². The number of nitro groups is 1. The fourth-order valence-corrected chi connectivity index (χ4v) is 2.89. The van der Waals surface area contributed by atoms with Gasteiger partial charge in [-0.1, -0.05) is 12.1 Å². The van der Waals surface area contributed by atoms with Gasteiger partial charge in [0, 0.05) is 33.0 Å². The van der Waals surface area contributed by atoms with Crippen LogP contribution in [0.1, 0.15) is 11.5 Å². The summed E-state index contributed by atoms with van der Waals surface area (Å²) in [6.07, 6.45) is 5.08. The fourth-order valence-electron chi connectivity index (χ4n) is 2.37. The monoisotopic (exact) mass is 310 g/mol. The summed E-state index contributed by atoms with van der Waals surface area (Å²) in [4.78, 5) is 11.6. The summed E-state index contributed by atoms with van der Waals surface area (Å²) in [6, 6.07) is 6.55. The molecule has 1 aliphatic carbocycles. The molecule has 0 aromatic heterocycles. The molecule has 0 spiro atoms. The normalized spacial score (nSPS) is 26.2. The van der Waals surface area contributed by atoms with Crippen molar-refractivity contribution in [3.05, 3.63) is 64.0 Å². The van der Waals surface area contributed by atoms with Crippen molar-refractivity contribution >= 4 is 10.8 Å². The Bertz CT molecular complexity index is 642. The number of hydrogen-bond acceptors (Lipinski definition) is 4.